The summed E-state index contributed by atoms with van der Waals surface area (Å²) in [6.45, 7) is 1.38. The molecule has 0 saturated heterocycles. The SMILES string of the molecule is Cc1ccc(-c2cccnc2-c2ccc(CS(=O)[O-])c(F)c2)cc1C(F)(F)F. The van der Waals surface area contributed by atoms with Crippen molar-refractivity contribution in [1.29, 1.82) is 0 Å². The van der Waals surface area contributed by atoms with Gasteiger partial charge in [0.15, 0.2) is 0 Å². The lowest BCUT2D eigenvalue weighted by molar-refractivity contribution is -0.138. The molecule has 1 heterocycles. The van der Waals surface area contributed by atoms with Crippen LogP contribution in [0.5, 0.6) is 0 Å². The van der Waals surface area contributed by atoms with E-state index in [9.17, 15) is 26.3 Å². The molecule has 0 saturated carbocycles. The second-order valence-electron chi connectivity index (χ2n) is 6.18. The summed E-state index contributed by atoms with van der Waals surface area (Å²) in [5, 5.41) is 0. The predicted molar refractivity (Wildman–Crippen MR) is 97.4 cm³/mol. The maximum absolute atomic E-state index is 14.3. The van der Waals surface area contributed by atoms with Gasteiger partial charge in [-0.15, -0.1) is 0 Å². The van der Waals surface area contributed by atoms with Gasteiger partial charge in [-0.2, -0.15) is 13.2 Å². The molecule has 3 aromatic rings. The Bertz CT molecular complexity index is 1050. The first-order valence-corrected chi connectivity index (χ1v) is 9.39. The van der Waals surface area contributed by atoms with Gasteiger partial charge in [0, 0.05) is 23.1 Å². The highest BCUT2D eigenvalue weighted by Gasteiger charge is 2.32. The van der Waals surface area contributed by atoms with Crippen molar-refractivity contribution in [2.75, 3.05) is 0 Å². The Morgan fingerprint density at radius 1 is 1.07 bits per heavy atom. The fraction of sp³-hybridized carbons (Fsp3) is 0.150. The van der Waals surface area contributed by atoms with Crippen molar-refractivity contribution in [3.63, 3.8) is 0 Å². The zero-order chi connectivity index (χ0) is 20.5. The summed E-state index contributed by atoms with van der Waals surface area (Å²) in [5.74, 6) is -1.19. The van der Waals surface area contributed by atoms with E-state index in [1.807, 2.05) is 0 Å². The second kappa shape index (κ2) is 7.81. The van der Waals surface area contributed by atoms with E-state index in [1.165, 1.54) is 31.3 Å². The van der Waals surface area contributed by atoms with Crippen LogP contribution in [0, 0.1) is 12.7 Å². The van der Waals surface area contributed by atoms with Crippen LogP contribution in [-0.2, 0) is 23.0 Å². The fourth-order valence-electron chi connectivity index (χ4n) is 2.90. The molecule has 1 unspecified atom stereocenters. The molecular weight excluding hydrogens is 394 g/mol. The van der Waals surface area contributed by atoms with Crippen LogP contribution in [0.15, 0.2) is 54.7 Å². The zero-order valence-electron chi connectivity index (χ0n) is 14.6. The minimum Gasteiger partial charge on any atom is -0.772 e. The van der Waals surface area contributed by atoms with Crippen molar-refractivity contribution in [3.8, 4) is 22.4 Å². The van der Waals surface area contributed by atoms with Crippen molar-refractivity contribution < 1.29 is 26.3 Å². The molecule has 8 heteroatoms. The van der Waals surface area contributed by atoms with E-state index in [4.69, 9.17) is 0 Å². The molecule has 1 atom stereocenters. The number of hydrogen-bond donors (Lipinski definition) is 0. The highest BCUT2D eigenvalue weighted by atomic mass is 32.2. The molecule has 0 spiro atoms. The average Bonchev–Trinajstić information content (AvgIpc) is 2.62. The number of alkyl halides is 3. The van der Waals surface area contributed by atoms with Crippen LogP contribution in [0.1, 0.15) is 16.7 Å². The van der Waals surface area contributed by atoms with Gasteiger partial charge >= 0.3 is 6.18 Å². The summed E-state index contributed by atoms with van der Waals surface area (Å²) in [4.78, 5) is 4.20. The third-order valence-corrected chi connectivity index (χ3v) is 4.81. The summed E-state index contributed by atoms with van der Waals surface area (Å²) < 4.78 is 75.6. The van der Waals surface area contributed by atoms with Gasteiger partial charge in [-0.25, -0.2) is 4.39 Å². The van der Waals surface area contributed by atoms with Crippen molar-refractivity contribution in [3.05, 3.63) is 77.2 Å². The Morgan fingerprint density at radius 2 is 1.79 bits per heavy atom. The van der Waals surface area contributed by atoms with E-state index in [0.717, 1.165) is 12.1 Å². The Kier molecular flexibility index (Phi) is 5.62. The third-order valence-electron chi connectivity index (χ3n) is 4.26. The van der Waals surface area contributed by atoms with E-state index >= 15 is 0 Å². The largest absolute Gasteiger partial charge is 0.772 e. The molecule has 0 radical (unpaired) electrons. The van der Waals surface area contributed by atoms with Gasteiger partial charge in [0.2, 0.25) is 0 Å². The van der Waals surface area contributed by atoms with Crippen molar-refractivity contribution >= 4 is 11.1 Å². The highest BCUT2D eigenvalue weighted by molar-refractivity contribution is 7.78. The van der Waals surface area contributed by atoms with Gasteiger partial charge in [-0.3, -0.25) is 9.19 Å². The molecule has 0 aliphatic rings. The molecule has 0 aliphatic heterocycles. The molecule has 0 fully saturated rings. The Labute approximate surface area is 161 Å². The normalized spacial score (nSPS) is 12.8. The number of halogens is 4. The summed E-state index contributed by atoms with van der Waals surface area (Å²) in [7, 11) is 0. The molecule has 3 rings (SSSR count). The molecule has 0 amide bonds. The Hall–Kier alpha value is -2.58. The van der Waals surface area contributed by atoms with Crippen LogP contribution in [0.3, 0.4) is 0 Å². The molecule has 28 heavy (non-hydrogen) atoms. The van der Waals surface area contributed by atoms with E-state index in [0.29, 0.717) is 22.4 Å². The summed E-state index contributed by atoms with van der Waals surface area (Å²) in [6.07, 6.45) is -3.04. The number of rotatable bonds is 4. The highest BCUT2D eigenvalue weighted by Crippen LogP contribution is 2.37. The first kappa shape index (κ1) is 20.2. The monoisotopic (exact) mass is 408 g/mol. The van der Waals surface area contributed by atoms with Gasteiger partial charge in [-0.05, 0) is 41.8 Å². The van der Waals surface area contributed by atoms with Crippen molar-refractivity contribution in [1.82, 2.24) is 4.98 Å². The van der Waals surface area contributed by atoms with E-state index < -0.39 is 34.4 Å². The predicted octanol–water partition coefficient (Wildman–Crippen LogP) is 5.26. The number of pyridine rings is 1. The summed E-state index contributed by atoms with van der Waals surface area (Å²) >= 11 is -2.44. The lowest BCUT2D eigenvalue weighted by Crippen LogP contribution is -2.07. The number of hydrogen-bond acceptors (Lipinski definition) is 3. The van der Waals surface area contributed by atoms with Crippen LogP contribution < -0.4 is 0 Å². The number of aryl methyl sites for hydroxylation is 1. The fourth-order valence-corrected chi connectivity index (χ4v) is 3.39. The summed E-state index contributed by atoms with van der Waals surface area (Å²) in [5.41, 5.74) is 0.695. The molecule has 1 aromatic heterocycles. The first-order chi connectivity index (χ1) is 13.2. The lowest BCUT2D eigenvalue weighted by atomic mass is 9.95. The minimum absolute atomic E-state index is 0.00394. The quantitative estimate of drug-likeness (QED) is 0.437. The van der Waals surface area contributed by atoms with Crippen molar-refractivity contribution in [2.24, 2.45) is 0 Å². The van der Waals surface area contributed by atoms with Crippen LogP contribution >= 0.6 is 0 Å². The standard InChI is InChI=1S/C20H15F4NO2S/c1-12-4-5-13(9-17(12)20(22,23)24)16-3-2-8-25-19(16)14-6-7-15(11-28(26)27)18(21)10-14/h2-10H,11H2,1H3,(H,26,27)/p-1. The first-order valence-electron chi connectivity index (χ1n) is 8.14. The second-order valence-corrected chi connectivity index (χ2v) is 7.08. The third kappa shape index (κ3) is 4.28. The van der Waals surface area contributed by atoms with Gasteiger partial charge in [0.1, 0.15) is 5.82 Å². The molecule has 0 aliphatic carbocycles. The molecule has 146 valence electrons. The number of benzene rings is 2. The van der Waals surface area contributed by atoms with Crippen molar-refractivity contribution in [2.45, 2.75) is 18.9 Å². The Morgan fingerprint density at radius 3 is 2.43 bits per heavy atom. The van der Waals surface area contributed by atoms with E-state index in [-0.39, 0.29) is 11.1 Å². The van der Waals surface area contributed by atoms with Gasteiger partial charge in [0.25, 0.3) is 0 Å². The molecule has 0 N–H and O–H groups in total. The van der Waals surface area contributed by atoms with Crippen LogP contribution in [0.4, 0.5) is 17.6 Å². The summed E-state index contributed by atoms with van der Waals surface area (Å²) in [6, 6.07) is 11.1. The maximum Gasteiger partial charge on any atom is 0.416 e. The maximum atomic E-state index is 14.3. The van der Waals surface area contributed by atoms with Gasteiger partial charge in [0.05, 0.1) is 11.3 Å². The van der Waals surface area contributed by atoms with Gasteiger partial charge in [-0.1, -0.05) is 41.4 Å². The van der Waals surface area contributed by atoms with Crippen LogP contribution in [0.25, 0.3) is 22.4 Å². The van der Waals surface area contributed by atoms with E-state index in [1.54, 1.807) is 18.2 Å². The van der Waals surface area contributed by atoms with Crippen LogP contribution in [-0.4, -0.2) is 13.7 Å². The Balaban J connectivity index is 2.11. The minimum atomic E-state index is -4.50. The smallest absolute Gasteiger partial charge is 0.416 e. The van der Waals surface area contributed by atoms with Gasteiger partial charge < -0.3 is 4.55 Å². The number of aromatic nitrogens is 1. The zero-order valence-corrected chi connectivity index (χ0v) is 15.4. The number of nitrogens with zero attached hydrogens (tertiary/aromatic N) is 1. The molecule has 3 nitrogen and oxygen atoms in total. The molecule has 2 aromatic carbocycles. The average molecular weight is 408 g/mol. The molecular formula is C20H14F4NO2S-. The van der Waals surface area contributed by atoms with Crippen LogP contribution in [0.2, 0.25) is 0 Å². The van der Waals surface area contributed by atoms with E-state index in [2.05, 4.69) is 4.98 Å². The molecule has 0 bridgehead atoms. The topological polar surface area (TPSA) is 53.0 Å². The lowest BCUT2D eigenvalue weighted by Gasteiger charge is -2.14.